The molecule has 0 aliphatic rings. The lowest BCUT2D eigenvalue weighted by molar-refractivity contribution is -0.141. The number of nitrogens with one attached hydrogen (secondary N) is 1. The summed E-state index contributed by atoms with van der Waals surface area (Å²) < 4.78 is 26.9. The Morgan fingerprint density at radius 1 is 1.38 bits per heavy atom. The summed E-state index contributed by atoms with van der Waals surface area (Å²) in [5.41, 5.74) is -0.289. The third-order valence-corrected chi connectivity index (χ3v) is 2.96. The van der Waals surface area contributed by atoms with Crippen molar-refractivity contribution in [2.45, 2.75) is 19.8 Å². The number of halogens is 2. The number of carbonyl (C=O) groups is 2. The summed E-state index contributed by atoms with van der Waals surface area (Å²) in [6, 6.07) is 4.96. The first kappa shape index (κ1) is 16.9. The number of urea groups is 1. The molecule has 2 N–H and O–H groups in total. The molecule has 0 aliphatic heterocycles. The van der Waals surface area contributed by atoms with Crippen LogP contribution in [0.25, 0.3) is 0 Å². The Labute approximate surface area is 121 Å². The lowest BCUT2D eigenvalue weighted by Gasteiger charge is -2.22. The maximum absolute atomic E-state index is 13.4. The standard InChI is InChI=1S/C14H18F2N2O3/c1-9(12(19)20)8-18(3)13(21)17-11-7-5-4-6-10(11)14(2,15)16/h4-7,9H,8H2,1-3H3,(H,17,21)(H,19,20). The number of carboxylic acid groups (broad SMARTS) is 1. The molecule has 0 bridgehead atoms. The van der Waals surface area contributed by atoms with Crippen LogP contribution in [0.3, 0.4) is 0 Å². The van der Waals surface area contributed by atoms with E-state index in [1.807, 2.05) is 0 Å². The molecule has 0 fully saturated rings. The largest absolute Gasteiger partial charge is 0.481 e. The molecule has 21 heavy (non-hydrogen) atoms. The normalized spacial score (nSPS) is 12.6. The number of carbonyl (C=O) groups excluding carboxylic acids is 1. The second-order valence-corrected chi connectivity index (χ2v) is 4.98. The topological polar surface area (TPSA) is 69.6 Å². The number of alkyl halides is 2. The second kappa shape index (κ2) is 6.51. The summed E-state index contributed by atoms with van der Waals surface area (Å²) in [4.78, 5) is 23.8. The van der Waals surface area contributed by atoms with E-state index in [0.29, 0.717) is 0 Å². The molecule has 0 saturated heterocycles. The molecule has 2 amide bonds. The average Bonchev–Trinajstić information content (AvgIpc) is 2.37. The van der Waals surface area contributed by atoms with Crippen LogP contribution in [0.1, 0.15) is 19.4 Å². The van der Waals surface area contributed by atoms with Gasteiger partial charge in [0.05, 0.1) is 11.6 Å². The molecule has 1 aromatic rings. The van der Waals surface area contributed by atoms with E-state index in [1.165, 1.54) is 38.2 Å². The van der Waals surface area contributed by atoms with Gasteiger partial charge in [-0.1, -0.05) is 25.1 Å². The fourth-order valence-corrected chi connectivity index (χ4v) is 1.76. The molecule has 1 rings (SSSR count). The quantitative estimate of drug-likeness (QED) is 0.878. The van der Waals surface area contributed by atoms with E-state index in [4.69, 9.17) is 5.11 Å². The molecule has 0 radical (unpaired) electrons. The minimum Gasteiger partial charge on any atom is -0.481 e. The van der Waals surface area contributed by atoms with Crippen molar-refractivity contribution in [2.24, 2.45) is 5.92 Å². The summed E-state index contributed by atoms with van der Waals surface area (Å²) in [5.74, 6) is -4.87. The number of para-hydroxylation sites is 1. The number of aliphatic carboxylic acids is 1. The Morgan fingerprint density at radius 3 is 2.48 bits per heavy atom. The highest BCUT2D eigenvalue weighted by atomic mass is 19.3. The molecule has 5 nitrogen and oxygen atoms in total. The number of carboxylic acids is 1. The molecular formula is C14H18F2N2O3. The number of benzene rings is 1. The molecule has 116 valence electrons. The number of amides is 2. The Balaban J connectivity index is 2.82. The lowest BCUT2D eigenvalue weighted by atomic mass is 10.1. The van der Waals surface area contributed by atoms with Gasteiger partial charge in [0.2, 0.25) is 0 Å². The third kappa shape index (κ3) is 4.70. The molecule has 1 unspecified atom stereocenters. The highest BCUT2D eigenvalue weighted by Gasteiger charge is 2.28. The van der Waals surface area contributed by atoms with Crippen LogP contribution in [0, 0.1) is 5.92 Å². The summed E-state index contributed by atoms with van der Waals surface area (Å²) in [7, 11) is 1.40. The van der Waals surface area contributed by atoms with E-state index in [1.54, 1.807) is 0 Å². The van der Waals surface area contributed by atoms with Crippen molar-refractivity contribution in [1.29, 1.82) is 0 Å². The van der Waals surface area contributed by atoms with Crippen molar-refractivity contribution in [1.82, 2.24) is 4.90 Å². The van der Waals surface area contributed by atoms with E-state index in [-0.39, 0.29) is 17.8 Å². The van der Waals surface area contributed by atoms with Crippen molar-refractivity contribution in [3.05, 3.63) is 29.8 Å². The van der Waals surface area contributed by atoms with E-state index < -0.39 is 23.8 Å². The first-order valence-corrected chi connectivity index (χ1v) is 6.35. The maximum Gasteiger partial charge on any atom is 0.321 e. The van der Waals surface area contributed by atoms with E-state index in [2.05, 4.69) is 5.32 Å². The van der Waals surface area contributed by atoms with E-state index in [9.17, 15) is 18.4 Å². The fraction of sp³-hybridized carbons (Fsp3) is 0.429. The zero-order valence-electron chi connectivity index (χ0n) is 12.1. The van der Waals surface area contributed by atoms with Crippen molar-refractivity contribution >= 4 is 17.7 Å². The molecule has 0 heterocycles. The molecule has 0 aromatic heterocycles. The lowest BCUT2D eigenvalue weighted by Crippen LogP contribution is -2.37. The Morgan fingerprint density at radius 2 is 1.95 bits per heavy atom. The third-order valence-electron chi connectivity index (χ3n) is 2.96. The molecule has 0 saturated carbocycles. The van der Waals surface area contributed by atoms with Gasteiger partial charge in [-0.25, -0.2) is 13.6 Å². The predicted molar refractivity (Wildman–Crippen MR) is 74.5 cm³/mol. The fourth-order valence-electron chi connectivity index (χ4n) is 1.76. The number of hydrogen-bond acceptors (Lipinski definition) is 2. The Hall–Kier alpha value is -2.18. The molecule has 1 atom stereocenters. The summed E-state index contributed by atoms with van der Waals surface area (Å²) in [6.07, 6.45) is 0. The number of anilines is 1. The van der Waals surface area contributed by atoms with Gasteiger partial charge < -0.3 is 15.3 Å². The van der Waals surface area contributed by atoms with Crippen molar-refractivity contribution < 1.29 is 23.5 Å². The van der Waals surface area contributed by atoms with Gasteiger partial charge in [-0.3, -0.25) is 4.79 Å². The van der Waals surface area contributed by atoms with Crippen molar-refractivity contribution in [3.8, 4) is 0 Å². The van der Waals surface area contributed by atoms with Crippen LogP contribution in [-0.4, -0.2) is 35.6 Å². The van der Waals surface area contributed by atoms with Crippen LogP contribution >= 0.6 is 0 Å². The summed E-state index contributed by atoms with van der Waals surface area (Å²) >= 11 is 0. The number of rotatable bonds is 5. The van der Waals surface area contributed by atoms with Crippen LogP contribution in [0.5, 0.6) is 0 Å². The van der Waals surface area contributed by atoms with Crippen LogP contribution < -0.4 is 5.32 Å². The van der Waals surface area contributed by atoms with Gasteiger partial charge in [-0.05, 0) is 6.07 Å². The van der Waals surface area contributed by atoms with Gasteiger partial charge >= 0.3 is 12.0 Å². The van der Waals surface area contributed by atoms with Gasteiger partial charge in [0, 0.05) is 26.1 Å². The van der Waals surface area contributed by atoms with E-state index >= 15 is 0 Å². The minimum absolute atomic E-state index is 0.00447. The zero-order chi connectivity index (χ0) is 16.2. The highest BCUT2D eigenvalue weighted by molar-refractivity contribution is 5.90. The SMILES string of the molecule is CC(CN(C)C(=O)Nc1ccccc1C(C)(F)F)C(=O)O. The maximum atomic E-state index is 13.4. The smallest absolute Gasteiger partial charge is 0.321 e. The van der Waals surface area contributed by atoms with Gasteiger partial charge in [-0.15, -0.1) is 0 Å². The Kier molecular flexibility index (Phi) is 5.23. The molecule has 7 heteroatoms. The number of hydrogen-bond donors (Lipinski definition) is 2. The minimum atomic E-state index is -3.09. The van der Waals surface area contributed by atoms with Crippen LogP contribution in [0.2, 0.25) is 0 Å². The van der Waals surface area contributed by atoms with Gasteiger partial charge in [-0.2, -0.15) is 0 Å². The molecule has 0 spiro atoms. The van der Waals surface area contributed by atoms with Gasteiger partial charge in [0.1, 0.15) is 0 Å². The molecular weight excluding hydrogens is 282 g/mol. The first-order valence-electron chi connectivity index (χ1n) is 6.35. The predicted octanol–water partition coefficient (Wildman–Crippen LogP) is 2.98. The van der Waals surface area contributed by atoms with Crippen LogP contribution in [-0.2, 0) is 10.7 Å². The average molecular weight is 300 g/mol. The van der Waals surface area contributed by atoms with Crippen molar-refractivity contribution in [3.63, 3.8) is 0 Å². The monoisotopic (exact) mass is 300 g/mol. The second-order valence-electron chi connectivity index (χ2n) is 4.98. The highest BCUT2D eigenvalue weighted by Crippen LogP contribution is 2.32. The van der Waals surface area contributed by atoms with Gasteiger partial charge in [0.25, 0.3) is 5.92 Å². The molecule has 1 aromatic carbocycles. The molecule has 0 aliphatic carbocycles. The summed E-state index contributed by atoms with van der Waals surface area (Å²) in [5, 5.41) is 11.2. The van der Waals surface area contributed by atoms with Gasteiger partial charge in [0.15, 0.2) is 0 Å². The van der Waals surface area contributed by atoms with E-state index in [0.717, 1.165) is 11.8 Å². The first-order chi connectivity index (χ1) is 9.62. The Bertz CT molecular complexity index is 529. The summed E-state index contributed by atoms with van der Waals surface area (Å²) in [6.45, 7) is 2.18. The number of nitrogens with zero attached hydrogens (tertiary/aromatic N) is 1. The van der Waals surface area contributed by atoms with Crippen LogP contribution in [0.15, 0.2) is 24.3 Å². The van der Waals surface area contributed by atoms with Crippen LogP contribution in [0.4, 0.5) is 19.3 Å². The van der Waals surface area contributed by atoms with Crippen molar-refractivity contribution in [2.75, 3.05) is 18.9 Å². The zero-order valence-corrected chi connectivity index (χ0v) is 12.1.